The molecule has 1 aromatic rings. The van der Waals surface area contributed by atoms with Crippen molar-refractivity contribution in [3.63, 3.8) is 0 Å². The van der Waals surface area contributed by atoms with Gasteiger partial charge in [0.15, 0.2) is 0 Å². The Labute approximate surface area is 89.8 Å². The summed E-state index contributed by atoms with van der Waals surface area (Å²) in [7, 11) is 2.67. The Morgan fingerprint density at radius 3 is 2.71 bits per heavy atom. The average Bonchev–Trinajstić information content (AvgIpc) is 2.33. The lowest BCUT2D eigenvalue weighted by Gasteiger charge is -1.98. The van der Waals surface area contributed by atoms with Crippen LogP contribution < -0.4 is 14.8 Å². The fourth-order valence-electron chi connectivity index (χ4n) is 1.03. The van der Waals surface area contributed by atoms with Gasteiger partial charge in [-0.1, -0.05) is 26.5 Å². The van der Waals surface area contributed by atoms with Crippen molar-refractivity contribution in [3.05, 3.63) is 19.5 Å². The zero-order valence-corrected chi connectivity index (χ0v) is 10.6. The molecular formula is C10H16NOPS. The van der Waals surface area contributed by atoms with Crippen LogP contribution in [-0.2, 0) is 7.05 Å². The maximum Gasteiger partial charge on any atom is 0.268 e. The molecule has 0 radical (unpaired) electrons. The molecule has 1 heterocycles. The Hall–Kier alpha value is -0.400. The van der Waals surface area contributed by atoms with Gasteiger partial charge in [-0.05, 0) is 11.8 Å². The van der Waals surface area contributed by atoms with Crippen LogP contribution in [0.5, 0.6) is 0 Å². The predicted octanol–water partition coefficient (Wildman–Crippen LogP) is 0.725. The Morgan fingerprint density at radius 1 is 1.64 bits per heavy atom. The summed E-state index contributed by atoms with van der Waals surface area (Å²) in [5, 5.41) is 0. The smallest absolute Gasteiger partial charge is 0.268 e. The Morgan fingerprint density at radius 2 is 2.29 bits per heavy atom. The first-order chi connectivity index (χ1) is 6.52. The SMILES string of the molecule is C=c1s/c(=C\CPC(C)C)c(=O)n1C. The van der Waals surface area contributed by atoms with Crippen LogP contribution in [0, 0.1) is 0 Å². The number of thiazole rings is 1. The van der Waals surface area contributed by atoms with E-state index in [2.05, 4.69) is 20.4 Å². The van der Waals surface area contributed by atoms with Crippen LogP contribution >= 0.6 is 19.9 Å². The molecule has 0 aliphatic rings. The third-order valence-corrected chi connectivity index (χ3v) is 4.26. The first-order valence-corrected chi connectivity index (χ1v) is 6.71. The highest BCUT2D eigenvalue weighted by Crippen LogP contribution is 2.16. The van der Waals surface area contributed by atoms with Crippen molar-refractivity contribution in [2.75, 3.05) is 6.16 Å². The second kappa shape index (κ2) is 4.90. The van der Waals surface area contributed by atoms with Crippen LogP contribution in [0.2, 0.25) is 0 Å². The van der Waals surface area contributed by atoms with E-state index in [9.17, 15) is 4.79 Å². The molecule has 1 atom stereocenters. The average molecular weight is 229 g/mol. The molecule has 1 aromatic heterocycles. The predicted molar refractivity (Wildman–Crippen MR) is 67.1 cm³/mol. The van der Waals surface area contributed by atoms with E-state index >= 15 is 0 Å². The largest absolute Gasteiger partial charge is 0.303 e. The van der Waals surface area contributed by atoms with Crippen LogP contribution in [0.4, 0.5) is 0 Å². The molecule has 0 amide bonds. The molecule has 0 aliphatic heterocycles. The molecule has 1 unspecified atom stereocenters. The van der Waals surface area contributed by atoms with Crippen LogP contribution in [0.3, 0.4) is 0 Å². The van der Waals surface area contributed by atoms with Gasteiger partial charge in [-0.15, -0.1) is 19.9 Å². The van der Waals surface area contributed by atoms with Crippen LogP contribution in [0.15, 0.2) is 4.79 Å². The summed E-state index contributed by atoms with van der Waals surface area (Å²) in [6.45, 7) is 8.21. The fourth-order valence-corrected chi connectivity index (χ4v) is 2.84. The van der Waals surface area contributed by atoms with Gasteiger partial charge in [0.1, 0.15) is 0 Å². The molecule has 0 saturated carbocycles. The van der Waals surface area contributed by atoms with Crippen LogP contribution in [0.25, 0.3) is 12.7 Å². The summed E-state index contributed by atoms with van der Waals surface area (Å²) in [5.74, 6) is 0. The Bertz CT molecular complexity index is 457. The summed E-state index contributed by atoms with van der Waals surface area (Å²) < 4.78 is 3.27. The molecule has 0 spiro atoms. The molecule has 0 aromatic carbocycles. The minimum atomic E-state index is 0.0913. The lowest BCUT2D eigenvalue weighted by Crippen LogP contribution is -2.28. The molecule has 1 rings (SSSR count). The van der Waals surface area contributed by atoms with E-state index in [0.717, 1.165) is 23.9 Å². The summed E-state index contributed by atoms with van der Waals surface area (Å²) in [4.78, 5) is 11.6. The molecule has 0 bridgehead atoms. The van der Waals surface area contributed by atoms with Crippen molar-refractivity contribution in [2.24, 2.45) is 7.05 Å². The third-order valence-electron chi connectivity index (χ3n) is 1.93. The van der Waals surface area contributed by atoms with Crippen molar-refractivity contribution < 1.29 is 0 Å². The summed E-state index contributed by atoms with van der Waals surface area (Å²) in [6, 6.07) is 0. The minimum absolute atomic E-state index is 0.0913. The molecular weight excluding hydrogens is 213 g/mol. The summed E-state index contributed by atoms with van der Waals surface area (Å²) in [5.41, 5.74) is 0.808. The van der Waals surface area contributed by atoms with Gasteiger partial charge in [-0.3, -0.25) is 4.79 Å². The third kappa shape index (κ3) is 2.79. The first kappa shape index (κ1) is 11.7. The van der Waals surface area contributed by atoms with E-state index in [1.165, 1.54) is 11.3 Å². The van der Waals surface area contributed by atoms with Gasteiger partial charge in [-0.2, -0.15) is 0 Å². The van der Waals surface area contributed by atoms with Gasteiger partial charge in [0.2, 0.25) is 0 Å². The number of hydrogen-bond acceptors (Lipinski definition) is 2. The van der Waals surface area contributed by atoms with E-state index in [1.54, 1.807) is 11.6 Å². The van der Waals surface area contributed by atoms with Gasteiger partial charge in [0, 0.05) is 7.05 Å². The monoisotopic (exact) mass is 229 g/mol. The number of rotatable bonds is 3. The molecule has 4 heteroatoms. The summed E-state index contributed by atoms with van der Waals surface area (Å²) >= 11 is 1.48. The van der Waals surface area contributed by atoms with Gasteiger partial charge in [0.05, 0.1) is 9.20 Å². The van der Waals surface area contributed by atoms with E-state index in [4.69, 9.17) is 0 Å². The molecule has 14 heavy (non-hydrogen) atoms. The highest BCUT2D eigenvalue weighted by atomic mass is 32.1. The molecule has 0 fully saturated rings. The molecule has 0 saturated heterocycles. The van der Waals surface area contributed by atoms with Crippen molar-refractivity contribution in [1.29, 1.82) is 0 Å². The second-order valence-electron chi connectivity index (χ2n) is 3.49. The number of hydrogen-bond donors (Lipinski definition) is 0. The maximum absolute atomic E-state index is 11.6. The lowest BCUT2D eigenvalue weighted by molar-refractivity contribution is 0.859. The lowest BCUT2D eigenvalue weighted by atomic mass is 10.6. The normalized spacial score (nSPS) is 13.6. The zero-order chi connectivity index (χ0) is 10.7. The molecule has 78 valence electrons. The highest BCUT2D eigenvalue weighted by molar-refractivity contribution is 7.39. The molecule has 0 N–H and O–H groups in total. The van der Waals surface area contributed by atoms with Crippen LogP contribution in [-0.4, -0.2) is 16.4 Å². The quantitative estimate of drug-likeness (QED) is 0.700. The second-order valence-corrected chi connectivity index (χ2v) is 6.58. The molecule has 0 aliphatic carbocycles. The van der Waals surface area contributed by atoms with Gasteiger partial charge < -0.3 is 4.57 Å². The van der Waals surface area contributed by atoms with Crippen molar-refractivity contribution in [1.82, 2.24) is 4.57 Å². The summed E-state index contributed by atoms with van der Waals surface area (Å²) in [6.07, 6.45) is 3.05. The minimum Gasteiger partial charge on any atom is -0.303 e. The van der Waals surface area contributed by atoms with E-state index in [-0.39, 0.29) is 5.56 Å². The molecule has 2 nitrogen and oxygen atoms in total. The van der Waals surface area contributed by atoms with E-state index < -0.39 is 0 Å². The standard InChI is InChI=1S/C10H16NOPS/c1-7(2)13-6-5-9-10(12)11(4)8(3)14-9/h5,7,13H,3,6H2,1-2,4H3/b9-5-. The van der Waals surface area contributed by atoms with Gasteiger partial charge in [0.25, 0.3) is 5.56 Å². The number of aromatic nitrogens is 1. The van der Waals surface area contributed by atoms with Gasteiger partial charge >= 0.3 is 0 Å². The van der Waals surface area contributed by atoms with E-state index in [1.807, 2.05) is 6.08 Å². The zero-order valence-electron chi connectivity index (χ0n) is 8.83. The Kier molecular flexibility index (Phi) is 4.09. The first-order valence-electron chi connectivity index (χ1n) is 4.60. The van der Waals surface area contributed by atoms with E-state index in [0.29, 0.717) is 5.66 Å². The van der Waals surface area contributed by atoms with Gasteiger partial charge in [-0.25, -0.2) is 0 Å². The highest BCUT2D eigenvalue weighted by Gasteiger charge is 1.97. The van der Waals surface area contributed by atoms with Crippen molar-refractivity contribution in [2.45, 2.75) is 19.5 Å². The van der Waals surface area contributed by atoms with Crippen LogP contribution in [0.1, 0.15) is 13.8 Å². The maximum atomic E-state index is 11.6. The topological polar surface area (TPSA) is 22.0 Å². The van der Waals surface area contributed by atoms with Crippen molar-refractivity contribution >= 4 is 32.6 Å². The fraction of sp³-hybridized carbons (Fsp3) is 0.500. The van der Waals surface area contributed by atoms with Crippen molar-refractivity contribution in [3.8, 4) is 0 Å². The number of nitrogens with zero attached hydrogens (tertiary/aromatic N) is 1. The Balaban J connectivity index is 2.91.